The molecule has 13 heavy (non-hydrogen) atoms. The second-order valence-electron chi connectivity index (χ2n) is 1.80. The van der Waals surface area contributed by atoms with Crippen LogP contribution in [0.2, 0.25) is 0 Å². The van der Waals surface area contributed by atoms with E-state index in [0.717, 1.165) is 29.8 Å². The van der Waals surface area contributed by atoms with E-state index in [2.05, 4.69) is 0 Å². The van der Waals surface area contributed by atoms with Crippen LogP contribution in [0.25, 0.3) is 0 Å². The molecule has 0 N–H and O–H groups in total. The molecule has 0 heterocycles. The van der Waals surface area contributed by atoms with Crippen molar-refractivity contribution in [2.45, 2.75) is 0 Å². The summed E-state index contributed by atoms with van der Waals surface area (Å²) in [6.07, 6.45) is 0. The average molecular weight is 215 g/mol. The van der Waals surface area contributed by atoms with Gasteiger partial charge in [0.05, 0.1) is 0 Å². The zero-order valence-corrected chi connectivity index (χ0v) is 7.14. The van der Waals surface area contributed by atoms with Crippen LogP contribution >= 0.6 is 0 Å². The Labute approximate surface area is 77.0 Å². The van der Waals surface area contributed by atoms with Crippen molar-refractivity contribution in [1.82, 2.24) is 0 Å². The summed E-state index contributed by atoms with van der Waals surface area (Å²) in [4.78, 5) is 6.19. The molecule has 0 aliphatic carbocycles. The van der Waals surface area contributed by atoms with E-state index in [1.807, 2.05) is 0 Å². The molecule has 0 saturated heterocycles. The Morgan fingerprint density at radius 3 is 0.692 bits per heavy atom. The average Bonchev–Trinajstić information content (AvgIpc) is 2.26. The van der Waals surface area contributed by atoms with Gasteiger partial charge in [0.1, 0.15) is 0 Å². The fraction of sp³-hybridized carbons (Fsp3) is 0. The van der Waals surface area contributed by atoms with E-state index in [1.54, 1.807) is 0 Å². The molecule has 0 aromatic rings. The van der Waals surface area contributed by atoms with E-state index in [9.17, 15) is 0 Å². The number of hydrogen-bond acceptors (Lipinski definition) is 6. The Morgan fingerprint density at radius 1 is 0.538 bits per heavy atom. The van der Waals surface area contributed by atoms with E-state index in [1.165, 1.54) is 0 Å². The van der Waals surface area contributed by atoms with Crippen LogP contribution in [0, 0.1) is 61.4 Å². The van der Waals surface area contributed by atoms with E-state index in [-0.39, 0.29) is 4.28 Å². The zero-order valence-electron chi connectivity index (χ0n) is 9.04. The molecule has 0 radical (unpaired) electrons. The minimum absolute atomic E-state index is 0. The van der Waals surface area contributed by atoms with Crippen LogP contribution in [0.5, 0.6) is 0 Å². The van der Waals surface area contributed by atoms with Crippen LogP contribution in [0.15, 0.2) is 0 Å². The predicted molar refractivity (Wildman–Crippen MR) is 37.0 cm³/mol. The van der Waals surface area contributed by atoms with Crippen molar-refractivity contribution in [1.29, 1.82) is 31.6 Å². The predicted octanol–water partition coefficient (Wildman–Crippen LogP) is 0.436. The molecular formula is C6H3FeN6. The van der Waals surface area contributed by atoms with E-state index in [4.69, 9.17) is 31.6 Å². The molecule has 0 rings (SSSR count). The van der Waals surface area contributed by atoms with Crippen molar-refractivity contribution in [3.05, 3.63) is 0 Å². The van der Waals surface area contributed by atoms with Gasteiger partial charge < -0.3 is 0 Å². The van der Waals surface area contributed by atoms with Crippen molar-refractivity contribution >= 4 is 0 Å². The smallest absolute Gasteiger partial charge is 1.00 e. The second kappa shape index (κ2) is 1.99. The molecule has 0 aliphatic heterocycles. The van der Waals surface area contributed by atoms with Gasteiger partial charge in [-0.3, -0.25) is 0 Å². The molecule has 0 fully saturated rings. The number of hydrogen-bond donors (Lipinski definition) is 0. The Morgan fingerprint density at radius 2 is 0.692 bits per heavy atom. The summed E-state index contributed by atoms with van der Waals surface area (Å²) < 4.78 is 0. The number of rotatable bonds is 0. The van der Waals surface area contributed by atoms with Gasteiger partial charge in [-0.2, -0.15) is 0 Å². The first-order chi connectivity index (χ1) is 5.97. The summed E-state index contributed by atoms with van der Waals surface area (Å²) in [5.74, 6) is 0. The van der Waals surface area contributed by atoms with Crippen molar-refractivity contribution in [3.63, 3.8) is 0 Å². The topological polar surface area (TPSA) is 143 Å². The summed E-state index contributed by atoms with van der Waals surface area (Å²) >= 11 is 0. The van der Waals surface area contributed by atoms with Gasteiger partial charge in [-0.05, 0) is 0 Å². The third-order valence-electron chi connectivity index (χ3n) is 1.19. The van der Waals surface area contributed by atoms with Gasteiger partial charge in [-0.1, -0.05) is 0 Å². The maximum Gasteiger partial charge on any atom is 1.00 e. The minimum atomic E-state index is -6.17. The normalized spacial score (nSPS) is 13.4. The maximum absolute atomic E-state index is 8.58. The summed E-state index contributed by atoms with van der Waals surface area (Å²) in [6.45, 7) is 0. The summed E-state index contributed by atoms with van der Waals surface area (Å²) in [6, 6.07) is 0. The third-order valence-corrected chi connectivity index (χ3v) is 4.89. The van der Waals surface area contributed by atoms with Gasteiger partial charge in [0, 0.05) is 0 Å². The van der Waals surface area contributed by atoms with Gasteiger partial charge in [0.2, 0.25) is 0 Å². The van der Waals surface area contributed by atoms with Crippen LogP contribution in [0.1, 0.15) is 4.28 Å². The standard InChI is InChI=1S/6CN.Fe/c6*1-2;/q;;;;;;-3/p+3. The molecular weight excluding hydrogens is 212 g/mol. The van der Waals surface area contributed by atoms with Gasteiger partial charge in [-0.15, -0.1) is 0 Å². The molecule has 0 unspecified atom stereocenters. The third kappa shape index (κ3) is 0.698. The quantitative estimate of drug-likeness (QED) is 0.536. The van der Waals surface area contributed by atoms with Crippen molar-refractivity contribution in [2.24, 2.45) is 0 Å². The van der Waals surface area contributed by atoms with Gasteiger partial charge in [-0.25, -0.2) is 0 Å². The molecule has 0 atom stereocenters. The Balaban J connectivity index is -0.000000240. The van der Waals surface area contributed by atoms with Crippen molar-refractivity contribution < 1.29 is 15.0 Å². The van der Waals surface area contributed by atoms with E-state index >= 15 is 0 Å². The first-order valence-corrected chi connectivity index (χ1v) is 5.71. The number of nitriles is 6. The monoisotopic (exact) mass is 215 g/mol. The van der Waals surface area contributed by atoms with Crippen LogP contribution in [-0.4, -0.2) is 0 Å². The Bertz CT molecular complexity index is 398. The van der Waals surface area contributed by atoms with Crippen LogP contribution in [0.4, 0.5) is 0 Å². The maximum atomic E-state index is 8.58. The van der Waals surface area contributed by atoms with Gasteiger partial charge in [0.25, 0.3) is 0 Å². The number of nitrogens with zero attached hydrogens (tertiary/aromatic N) is 6. The fourth-order valence-corrected chi connectivity index (χ4v) is 1.09. The van der Waals surface area contributed by atoms with Gasteiger partial charge in [0.15, 0.2) is 0 Å². The Hall–Kier alpha value is -2.54. The summed E-state index contributed by atoms with van der Waals surface area (Å²) in [7, 11) is -6.17. The van der Waals surface area contributed by atoms with Crippen LogP contribution in [-0.2, 0) is 10.7 Å². The van der Waals surface area contributed by atoms with Crippen LogP contribution in [0.3, 0.4) is 0 Å². The molecule has 0 amide bonds. The molecule has 0 aromatic heterocycles. The zero-order chi connectivity index (χ0) is 10.7. The molecule has 0 aromatic carbocycles. The molecule has 0 spiro atoms. The molecule has 7 heteroatoms. The van der Waals surface area contributed by atoms with Crippen molar-refractivity contribution in [2.75, 3.05) is 0 Å². The van der Waals surface area contributed by atoms with Crippen LogP contribution < -0.4 is 0 Å². The van der Waals surface area contributed by atoms with Gasteiger partial charge >= 0.3 is 76.4 Å². The first kappa shape index (κ1) is 10.5. The minimum Gasteiger partial charge on any atom is 1.00 e. The molecule has 6 nitrogen and oxygen atoms in total. The van der Waals surface area contributed by atoms with Crippen molar-refractivity contribution in [3.8, 4) is 29.8 Å². The molecule has 0 aliphatic rings. The summed E-state index contributed by atoms with van der Waals surface area (Å²) in [5, 5.41) is 51.5. The molecule has 65 valence electrons. The summed E-state index contributed by atoms with van der Waals surface area (Å²) in [5.41, 5.74) is 0. The van der Waals surface area contributed by atoms with E-state index in [0.29, 0.717) is 0 Å². The Kier molecular flexibility index (Phi) is 1.60. The first-order valence-electron chi connectivity index (χ1n) is 2.40. The fourth-order valence-electron chi connectivity index (χ4n) is 0.265. The molecule has 0 saturated carbocycles. The SMILES string of the molecule is N#[C][Fe-3]([C]#N)([C]#N)([C]#N)([C]#N)[C]#N.[H+].[H+].[H+]. The largest absolute Gasteiger partial charge is 1.00 e. The van der Waals surface area contributed by atoms with E-state index < -0.39 is 10.7 Å². The second-order valence-corrected chi connectivity index (χ2v) is 7.42. The molecule has 0 bridgehead atoms.